The molecule has 1 rings (SSSR count). The smallest absolute Gasteiger partial charge is 0.221 e. The Bertz CT molecular complexity index is 383. The number of benzene rings is 1. The van der Waals surface area contributed by atoms with Crippen LogP contribution >= 0.6 is 0 Å². The van der Waals surface area contributed by atoms with E-state index in [1.807, 2.05) is 0 Å². The van der Waals surface area contributed by atoms with Crippen molar-refractivity contribution in [2.24, 2.45) is 0 Å². The number of rotatable bonds is 6. The van der Waals surface area contributed by atoms with Crippen molar-refractivity contribution in [3.8, 4) is 5.75 Å². The molecule has 0 fully saturated rings. The largest absolute Gasteiger partial charge is 0.497 e. The normalized spacial score (nSPS) is 10.1. The number of carbonyl (C=O) groups excluding carboxylic acids is 1. The highest BCUT2D eigenvalue weighted by molar-refractivity contribution is 5.75. The predicted octanol–water partition coefficient (Wildman–Crippen LogP) is 1.06. The average molecular weight is 240 g/mol. The summed E-state index contributed by atoms with van der Waals surface area (Å²) in [5, 5.41) is 5.52. The molecule has 94 valence electrons. The van der Waals surface area contributed by atoms with Gasteiger partial charge in [-0.15, -0.1) is 0 Å². The first kappa shape index (κ1) is 13.4. The number of halogens is 1. The molecule has 0 heterocycles. The van der Waals surface area contributed by atoms with Crippen LogP contribution in [0.5, 0.6) is 5.75 Å². The third-order valence-corrected chi connectivity index (χ3v) is 2.38. The highest BCUT2D eigenvalue weighted by atomic mass is 19.1. The minimum absolute atomic E-state index is 0.0345. The van der Waals surface area contributed by atoms with Crippen LogP contribution in [-0.4, -0.2) is 26.6 Å². The van der Waals surface area contributed by atoms with Crippen molar-refractivity contribution in [1.82, 2.24) is 10.6 Å². The van der Waals surface area contributed by atoms with Crippen molar-refractivity contribution in [2.75, 3.05) is 20.7 Å². The third-order valence-electron chi connectivity index (χ3n) is 2.38. The molecule has 0 atom stereocenters. The maximum Gasteiger partial charge on any atom is 0.221 e. The number of ether oxygens (including phenoxy) is 1. The molecule has 0 spiro atoms. The summed E-state index contributed by atoms with van der Waals surface area (Å²) in [7, 11) is 3.08. The fraction of sp³-hybridized carbons (Fsp3) is 0.417. The van der Waals surface area contributed by atoms with Gasteiger partial charge in [0.15, 0.2) is 0 Å². The Morgan fingerprint density at radius 1 is 1.47 bits per heavy atom. The van der Waals surface area contributed by atoms with Gasteiger partial charge in [-0.2, -0.15) is 0 Å². The van der Waals surface area contributed by atoms with Crippen molar-refractivity contribution in [3.63, 3.8) is 0 Å². The monoisotopic (exact) mass is 240 g/mol. The van der Waals surface area contributed by atoms with Crippen LogP contribution < -0.4 is 15.4 Å². The Balaban J connectivity index is 2.39. The molecule has 1 aromatic carbocycles. The second-order valence-corrected chi connectivity index (χ2v) is 3.56. The molecule has 0 aliphatic rings. The van der Waals surface area contributed by atoms with Crippen LogP contribution in [0.4, 0.5) is 4.39 Å². The first-order valence-corrected chi connectivity index (χ1v) is 5.41. The zero-order valence-corrected chi connectivity index (χ0v) is 10.0. The molecule has 0 bridgehead atoms. The van der Waals surface area contributed by atoms with E-state index in [-0.39, 0.29) is 11.7 Å². The number of carbonyl (C=O) groups is 1. The number of methoxy groups -OCH3 is 1. The molecule has 0 aliphatic heterocycles. The molecule has 0 radical (unpaired) electrons. The topological polar surface area (TPSA) is 50.4 Å². The molecule has 0 aromatic heterocycles. The van der Waals surface area contributed by atoms with Gasteiger partial charge in [-0.3, -0.25) is 4.79 Å². The fourth-order valence-electron chi connectivity index (χ4n) is 1.35. The van der Waals surface area contributed by atoms with Gasteiger partial charge in [0.1, 0.15) is 11.6 Å². The summed E-state index contributed by atoms with van der Waals surface area (Å²) < 4.78 is 18.4. The lowest BCUT2D eigenvalue weighted by molar-refractivity contribution is -0.120. The van der Waals surface area contributed by atoms with E-state index in [0.29, 0.717) is 30.8 Å². The van der Waals surface area contributed by atoms with Gasteiger partial charge in [0.2, 0.25) is 5.91 Å². The summed E-state index contributed by atoms with van der Waals surface area (Å²) in [5.74, 6) is 0.154. The Morgan fingerprint density at radius 2 is 2.24 bits per heavy atom. The molecule has 0 unspecified atom stereocenters. The molecule has 1 aromatic rings. The van der Waals surface area contributed by atoms with Crippen molar-refractivity contribution in [3.05, 3.63) is 29.6 Å². The summed E-state index contributed by atoms with van der Waals surface area (Å²) in [4.78, 5) is 10.9. The summed E-state index contributed by atoms with van der Waals surface area (Å²) in [6.45, 7) is 0.915. The molecule has 4 nitrogen and oxygen atoms in total. The van der Waals surface area contributed by atoms with Crippen LogP contribution in [-0.2, 0) is 11.3 Å². The first-order valence-electron chi connectivity index (χ1n) is 5.41. The Kier molecular flexibility index (Phi) is 5.42. The number of amides is 1. The second-order valence-electron chi connectivity index (χ2n) is 3.56. The molecule has 2 N–H and O–H groups in total. The second kappa shape index (κ2) is 6.85. The summed E-state index contributed by atoms with van der Waals surface area (Å²) in [6.07, 6.45) is 0.383. The molecule has 0 aliphatic carbocycles. The van der Waals surface area contributed by atoms with Crippen molar-refractivity contribution in [2.45, 2.75) is 13.0 Å². The zero-order chi connectivity index (χ0) is 12.7. The molecular weight excluding hydrogens is 223 g/mol. The molecule has 17 heavy (non-hydrogen) atoms. The van der Waals surface area contributed by atoms with Crippen LogP contribution in [0, 0.1) is 5.82 Å². The lowest BCUT2D eigenvalue weighted by atomic mass is 10.2. The SMILES string of the molecule is CNC(=O)CCNCc1ccc(OC)cc1F. The lowest BCUT2D eigenvalue weighted by Crippen LogP contribution is -2.24. The van der Waals surface area contributed by atoms with Crippen LogP contribution in [0.3, 0.4) is 0 Å². The quantitative estimate of drug-likeness (QED) is 0.731. The van der Waals surface area contributed by atoms with Crippen molar-refractivity contribution >= 4 is 5.91 Å². The van der Waals surface area contributed by atoms with Crippen LogP contribution in [0.15, 0.2) is 18.2 Å². The molecule has 0 saturated heterocycles. The number of hydrogen-bond donors (Lipinski definition) is 2. The van der Waals surface area contributed by atoms with Gasteiger partial charge in [-0.05, 0) is 6.07 Å². The minimum atomic E-state index is -0.309. The van der Waals surface area contributed by atoms with E-state index in [0.717, 1.165) is 0 Å². The highest BCUT2D eigenvalue weighted by Crippen LogP contribution is 2.15. The predicted molar refractivity (Wildman–Crippen MR) is 63.3 cm³/mol. The van der Waals surface area contributed by atoms with E-state index < -0.39 is 0 Å². The van der Waals surface area contributed by atoms with E-state index >= 15 is 0 Å². The van der Waals surface area contributed by atoms with E-state index in [1.54, 1.807) is 19.2 Å². The van der Waals surface area contributed by atoms with Crippen LogP contribution in [0.1, 0.15) is 12.0 Å². The van der Waals surface area contributed by atoms with E-state index in [1.165, 1.54) is 13.2 Å². The molecular formula is C12H17FN2O2. The molecule has 5 heteroatoms. The number of nitrogens with one attached hydrogen (secondary N) is 2. The van der Waals surface area contributed by atoms with Crippen molar-refractivity contribution < 1.29 is 13.9 Å². The van der Waals surface area contributed by atoms with Crippen molar-refractivity contribution in [1.29, 1.82) is 0 Å². The van der Waals surface area contributed by atoms with Gasteiger partial charge in [0.25, 0.3) is 0 Å². The Morgan fingerprint density at radius 3 is 2.82 bits per heavy atom. The average Bonchev–Trinajstić information content (AvgIpc) is 2.35. The van der Waals surface area contributed by atoms with E-state index in [2.05, 4.69) is 10.6 Å². The minimum Gasteiger partial charge on any atom is -0.497 e. The summed E-state index contributed by atoms with van der Waals surface area (Å²) >= 11 is 0. The van der Waals surface area contributed by atoms with Crippen LogP contribution in [0.25, 0.3) is 0 Å². The van der Waals surface area contributed by atoms with E-state index in [4.69, 9.17) is 4.74 Å². The summed E-state index contributed by atoms with van der Waals surface area (Å²) in [5.41, 5.74) is 0.558. The molecule has 1 amide bonds. The Labute approximate surface area is 100 Å². The van der Waals surface area contributed by atoms with Gasteiger partial charge in [-0.1, -0.05) is 6.07 Å². The maximum absolute atomic E-state index is 13.5. The van der Waals surface area contributed by atoms with Crippen LogP contribution in [0.2, 0.25) is 0 Å². The first-order chi connectivity index (χ1) is 8.17. The maximum atomic E-state index is 13.5. The van der Waals surface area contributed by atoms with Gasteiger partial charge in [-0.25, -0.2) is 4.39 Å². The summed E-state index contributed by atoms with van der Waals surface area (Å²) in [6, 6.07) is 4.72. The fourth-order valence-corrected chi connectivity index (χ4v) is 1.35. The Hall–Kier alpha value is -1.62. The highest BCUT2D eigenvalue weighted by Gasteiger charge is 2.04. The lowest BCUT2D eigenvalue weighted by Gasteiger charge is -2.07. The van der Waals surface area contributed by atoms with Gasteiger partial charge in [0.05, 0.1) is 7.11 Å². The standard InChI is InChI=1S/C12H17FN2O2/c1-14-12(16)5-6-15-8-9-3-4-10(17-2)7-11(9)13/h3-4,7,15H,5-6,8H2,1-2H3,(H,14,16). The number of hydrogen-bond acceptors (Lipinski definition) is 3. The third kappa shape index (κ3) is 4.40. The van der Waals surface area contributed by atoms with Gasteiger partial charge in [0, 0.05) is 38.2 Å². The van der Waals surface area contributed by atoms with Gasteiger partial charge >= 0.3 is 0 Å². The molecule has 0 saturated carbocycles. The van der Waals surface area contributed by atoms with E-state index in [9.17, 15) is 9.18 Å². The zero-order valence-electron chi connectivity index (χ0n) is 10.0. The van der Waals surface area contributed by atoms with Gasteiger partial charge < -0.3 is 15.4 Å².